The number of hydrogen-bond acceptors (Lipinski definition) is 7. The van der Waals surface area contributed by atoms with E-state index in [4.69, 9.17) is 10.8 Å². The zero-order chi connectivity index (χ0) is 15.8. The minimum absolute atomic E-state index is 0.512. The van der Waals surface area contributed by atoms with Gasteiger partial charge in [-0.05, 0) is 19.4 Å². The Morgan fingerprint density at radius 3 is 2.23 bits per heavy atom. The summed E-state index contributed by atoms with van der Waals surface area (Å²) in [6.07, 6.45) is 5.86. The molecule has 22 heavy (non-hydrogen) atoms. The molecule has 0 aliphatic rings. The molecule has 6 nitrogen and oxygen atoms in total. The molecule has 0 aliphatic heterocycles. The highest BCUT2D eigenvalue weighted by molar-refractivity contribution is 7.09. The van der Waals surface area contributed by atoms with Crippen molar-refractivity contribution in [2.45, 2.75) is 38.4 Å². The molecule has 2 aromatic heterocycles. The second kappa shape index (κ2) is 8.94. The lowest BCUT2D eigenvalue weighted by atomic mass is 10.1. The average Bonchev–Trinajstić information content (AvgIpc) is 3.16. The van der Waals surface area contributed by atoms with Crippen molar-refractivity contribution < 1.29 is 9.90 Å². The van der Waals surface area contributed by atoms with E-state index in [1.807, 2.05) is 23.2 Å². The minimum atomic E-state index is -0.928. The lowest BCUT2D eigenvalue weighted by Gasteiger charge is -2.20. The SMILES string of the molecule is N[C@@H](CCCCN(Cc1nccs1)Cc1nccs1)C(=O)O. The second-order valence-corrected chi connectivity index (χ2v) is 6.96. The van der Waals surface area contributed by atoms with E-state index in [2.05, 4.69) is 14.9 Å². The molecule has 0 amide bonds. The standard InChI is InChI=1S/C14H20N4O2S2/c15-11(14(19)20)3-1-2-6-18(9-12-16-4-7-21-12)10-13-17-5-8-22-13/h4-5,7-8,11H,1-3,6,9-10,15H2,(H,19,20)/t11-/m0/s1. The summed E-state index contributed by atoms with van der Waals surface area (Å²) in [7, 11) is 0. The van der Waals surface area contributed by atoms with Crippen LogP contribution >= 0.6 is 22.7 Å². The number of aliphatic carboxylic acids is 1. The highest BCUT2D eigenvalue weighted by Gasteiger charge is 2.13. The molecule has 3 N–H and O–H groups in total. The minimum Gasteiger partial charge on any atom is -0.480 e. The Morgan fingerprint density at radius 1 is 1.18 bits per heavy atom. The predicted molar refractivity (Wildman–Crippen MR) is 87.8 cm³/mol. The van der Waals surface area contributed by atoms with Crippen LogP contribution in [0.4, 0.5) is 0 Å². The van der Waals surface area contributed by atoms with Crippen LogP contribution in [0.1, 0.15) is 29.3 Å². The van der Waals surface area contributed by atoms with Gasteiger partial charge in [-0.25, -0.2) is 9.97 Å². The number of thiazole rings is 2. The third-order valence-electron chi connectivity index (χ3n) is 3.24. The maximum Gasteiger partial charge on any atom is 0.320 e. The Labute approximate surface area is 137 Å². The Morgan fingerprint density at radius 2 is 1.77 bits per heavy atom. The number of carboxylic acids is 1. The van der Waals surface area contributed by atoms with E-state index in [-0.39, 0.29) is 0 Å². The molecule has 0 bridgehead atoms. The summed E-state index contributed by atoms with van der Waals surface area (Å²) < 4.78 is 0. The highest BCUT2D eigenvalue weighted by atomic mass is 32.1. The molecule has 0 saturated heterocycles. The van der Waals surface area contributed by atoms with Crippen molar-refractivity contribution in [1.29, 1.82) is 0 Å². The van der Waals surface area contributed by atoms with Gasteiger partial charge in [-0.1, -0.05) is 6.42 Å². The van der Waals surface area contributed by atoms with Crippen molar-refractivity contribution in [2.75, 3.05) is 6.54 Å². The number of rotatable bonds is 10. The van der Waals surface area contributed by atoms with Gasteiger partial charge in [0.15, 0.2) is 0 Å². The van der Waals surface area contributed by atoms with E-state index in [1.54, 1.807) is 22.7 Å². The van der Waals surface area contributed by atoms with Crippen LogP contribution in [-0.4, -0.2) is 38.5 Å². The maximum atomic E-state index is 10.7. The topological polar surface area (TPSA) is 92.3 Å². The lowest BCUT2D eigenvalue weighted by Crippen LogP contribution is -2.30. The first-order valence-corrected chi connectivity index (χ1v) is 8.88. The molecule has 8 heteroatoms. The van der Waals surface area contributed by atoms with Crippen molar-refractivity contribution in [3.8, 4) is 0 Å². The van der Waals surface area contributed by atoms with E-state index in [1.165, 1.54) is 0 Å². The van der Waals surface area contributed by atoms with Gasteiger partial charge in [-0.2, -0.15) is 0 Å². The predicted octanol–water partition coefficient (Wildman–Crippen LogP) is 2.18. The molecule has 0 fully saturated rings. The summed E-state index contributed by atoms with van der Waals surface area (Å²) >= 11 is 3.29. The van der Waals surface area contributed by atoms with Crippen LogP contribution in [0.5, 0.6) is 0 Å². The number of nitrogens with zero attached hydrogens (tertiary/aromatic N) is 3. The van der Waals surface area contributed by atoms with Crippen LogP contribution in [0.15, 0.2) is 23.2 Å². The molecular weight excluding hydrogens is 320 g/mol. The zero-order valence-electron chi connectivity index (χ0n) is 12.2. The first kappa shape index (κ1) is 17.0. The van der Waals surface area contributed by atoms with Gasteiger partial charge in [-0.3, -0.25) is 9.69 Å². The molecule has 0 saturated carbocycles. The highest BCUT2D eigenvalue weighted by Crippen LogP contribution is 2.14. The summed E-state index contributed by atoms with van der Waals surface area (Å²) in [5, 5.41) is 14.9. The summed E-state index contributed by atoms with van der Waals surface area (Å²) in [4.78, 5) is 21.7. The average molecular weight is 340 g/mol. The zero-order valence-corrected chi connectivity index (χ0v) is 13.9. The molecule has 0 aromatic carbocycles. The number of hydrogen-bond donors (Lipinski definition) is 2. The lowest BCUT2D eigenvalue weighted by molar-refractivity contribution is -0.138. The van der Waals surface area contributed by atoms with Gasteiger partial charge in [0.2, 0.25) is 0 Å². The van der Waals surface area contributed by atoms with Gasteiger partial charge in [-0.15, -0.1) is 22.7 Å². The van der Waals surface area contributed by atoms with Crippen molar-refractivity contribution in [3.05, 3.63) is 33.2 Å². The number of carboxylic acid groups (broad SMARTS) is 1. The smallest absolute Gasteiger partial charge is 0.320 e. The second-order valence-electron chi connectivity index (χ2n) is 5.00. The van der Waals surface area contributed by atoms with Crippen LogP contribution in [0, 0.1) is 0 Å². The Kier molecular flexibility index (Phi) is 6.91. The fourth-order valence-corrected chi connectivity index (χ4v) is 3.40. The molecule has 0 unspecified atom stereocenters. The van der Waals surface area contributed by atoms with Gasteiger partial charge >= 0.3 is 5.97 Å². The largest absolute Gasteiger partial charge is 0.480 e. The number of unbranched alkanes of at least 4 members (excludes halogenated alkanes) is 1. The van der Waals surface area contributed by atoms with Gasteiger partial charge < -0.3 is 10.8 Å². The number of aromatic nitrogens is 2. The van der Waals surface area contributed by atoms with Gasteiger partial charge in [0.1, 0.15) is 16.1 Å². The van der Waals surface area contributed by atoms with E-state index >= 15 is 0 Å². The molecule has 2 aromatic rings. The first-order chi connectivity index (χ1) is 10.6. The normalized spacial score (nSPS) is 12.6. The van der Waals surface area contributed by atoms with Crippen molar-refractivity contribution >= 4 is 28.6 Å². The number of carbonyl (C=O) groups is 1. The van der Waals surface area contributed by atoms with Gasteiger partial charge in [0.05, 0.1) is 13.1 Å². The third kappa shape index (κ3) is 5.80. The van der Waals surface area contributed by atoms with E-state index in [0.717, 1.165) is 42.5 Å². The van der Waals surface area contributed by atoms with Crippen LogP contribution in [-0.2, 0) is 17.9 Å². The summed E-state index contributed by atoms with van der Waals surface area (Å²) in [6.45, 7) is 2.47. The van der Waals surface area contributed by atoms with E-state index in [9.17, 15) is 4.79 Å². The molecule has 1 atom stereocenters. The van der Waals surface area contributed by atoms with Crippen LogP contribution in [0.3, 0.4) is 0 Å². The first-order valence-electron chi connectivity index (χ1n) is 7.12. The van der Waals surface area contributed by atoms with Crippen LogP contribution in [0.2, 0.25) is 0 Å². The van der Waals surface area contributed by atoms with Crippen molar-refractivity contribution in [3.63, 3.8) is 0 Å². The molecule has 2 heterocycles. The molecule has 0 aliphatic carbocycles. The molecule has 120 valence electrons. The Balaban J connectivity index is 1.80. The Bertz CT molecular complexity index is 509. The fraction of sp³-hybridized carbons (Fsp3) is 0.500. The van der Waals surface area contributed by atoms with E-state index < -0.39 is 12.0 Å². The monoisotopic (exact) mass is 340 g/mol. The molecule has 0 spiro atoms. The summed E-state index contributed by atoms with van der Waals surface area (Å²) in [5.41, 5.74) is 5.52. The van der Waals surface area contributed by atoms with Crippen LogP contribution in [0.25, 0.3) is 0 Å². The maximum absolute atomic E-state index is 10.7. The van der Waals surface area contributed by atoms with Crippen molar-refractivity contribution in [1.82, 2.24) is 14.9 Å². The molecular formula is C14H20N4O2S2. The van der Waals surface area contributed by atoms with E-state index in [0.29, 0.717) is 6.42 Å². The third-order valence-corrected chi connectivity index (χ3v) is 4.77. The Hall–Kier alpha value is -1.35. The molecule has 0 radical (unpaired) electrons. The summed E-state index contributed by atoms with van der Waals surface area (Å²) in [6, 6.07) is -0.758. The van der Waals surface area contributed by atoms with Crippen molar-refractivity contribution in [2.24, 2.45) is 5.73 Å². The summed E-state index contributed by atoms with van der Waals surface area (Å²) in [5.74, 6) is -0.928. The van der Waals surface area contributed by atoms with Gasteiger partial charge in [0.25, 0.3) is 0 Å². The number of nitrogens with two attached hydrogens (primary N) is 1. The quantitative estimate of drug-likeness (QED) is 0.644. The molecule has 2 rings (SSSR count). The van der Waals surface area contributed by atoms with Gasteiger partial charge in [0, 0.05) is 23.2 Å². The fourth-order valence-electron chi connectivity index (χ4n) is 2.08. The van der Waals surface area contributed by atoms with Crippen LogP contribution < -0.4 is 5.73 Å².